The minimum Gasteiger partial charge on any atom is -0.346 e. The van der Waals surface area contributed by atoms with Crippen molar-refractivity contribution < 1.29 is 9.59 Å². The molecule has 0 aromatic rings. The number of hydrazine groups is 1. The maximum atomic E-state index is 11.2. The summed E-state index contributed by atoms with van der Waals surface area (Å²) in [5.41, 5.74) is 1.81. The number of thioether (sulfide) groups is 1. The van der Waals surface area contributed by atoms with Gasteiger partial charge in [-0.2, -0.15) is 11.8 Å². The van der Waals surface area contributed by atoms with Gasteiger partial charge in [0.15, 0.2) is 0 Å². The van der Waals surface area contributed by atoms with E-state index < -0.39 is 11.8 Å². The maximum Gasteiger partial charge on any atom is 0.323 e. The van der Waals surface area contributed by atoms with Gasteiger partial charge in [-0.3, -0.25) is 15.0 Å². The second-order valence-electron chi connectivity index (χ2n) is 3.75. The van der Waals surface area contributed by atoms with Gasteiger partial charge in [-0.05, 0) is 19.1 Å². The van der Waals surface area contributed by atoms with E-state index in [1.807, 2.05) is 11.7 Å². The van der Waals surface area contributed by atoms with E-state index in [0.29, 0.717) is 6.54 Å². The summed E-state index contributed by atoms with van der Waals surface area (Å²) in [6, 6.07) is 0. The molecule has 0 spiro atoms. The summed E-state index contributed by atoms with van der Waals surface area (Å²) >= 11 is 1.76. The van der Waals surface area contributed by atoms with Crippen LogP contribution in [0.5, 0.6) is 0 Å². The Kier molecular flexibility index (Phi) is 4.41. The molecule has 4 N–H and O–H groups in total. The molecule has 0 unspecified atom stereocenters. The molecular formula is C9H17N3O2S. The Hall–Kier alpha value is -0.750. The molecule has 2 amide bonds. The zero-order valence-electron chi connectivity index (χ0n) is 8.84. The fraction of sp³-hybridized carbons (Fsp3) is 0.778. The maximum absolute atomic E-state index is 11.2. The third-order valence-electron chi connectivity index (χ3n) is 2.86. The van der Waals surface area contributed by atoms with Crippen LogP contribution in [0.2, 0.25) is 0 Å². The molecule has 1 fully saturated rings. The van der Waals surface area contributed by atoms with Gasteiger partial charge in [-0.15, -0.1) is 0 Å². The number of hydrogen-bond acceptors (Lipinski definition) is 4. The van der Waals surface area contributed by atoms with Crippen LogP contribution in [0.1, 0.15) is 25.7 Å². The van der Waals surface area contributed by atoms with Gasteiger partial charge in [0.2, 0.25) is 0 Å². The molecule has 0 radical (unpaired) electrons. The SMILES string of the molecule is CSC1(CNC(=O)C(=O)NN)CCCC1. The highest BCUT2D eigenvalue weighted by Crippen LogP contribution is 2.39. The van der Waals surface area contributed by atoms with Crippen LogP contribution in [0.25, 0.3) is 0 Å². The molecular weight excluding hydrogens is 214 g/mol. The average molecular weight is 231 g/mol. The van der Waals surface area contributed by atoms with Crippen molar-refractivity contribution >= 4 is 23.6 Å². The molecule has 1 saturated carbocycles. The minimum atomic E-state index is -0.788. The molecule has 6 heteroatoms. The summed E-state index contributed by atoms with van der Waals surface area (Å²) in [4.78, 5) is 22.0. The first-order valence-electron chi connectivity index (χ1n) is 4.97. The molecule has 0 aromatic heterocycles. The number of rotatable bonds is 3. The third-order valence-corrected chi connectivity index (χ3v) is 4.27. The van der Waals surface area contributed by atoms with Crippen molar-refractivity contribution in [3.8, 4) is 0 Å². The van der Waals surface area contributed by atoms with Gasteiger partial charge in [0.1, 0.15) is 0 Å². The Morgan fingerprint density at radius 2 is 1.93 bits per heavy atom. The van der Waals surface area contributed by atoms with Crippen molar-refractivity contribution in [3.63, 3.8) is 0 Å². The van der Waals surface area contributed by atoms with E-state index in [-0.39, 0.29) is 4.75 Å². The molecule has 1 aliphatic rings. The molecule has 5 nitrogen and oxygen atoms in total. The Morgan fingerprint density at radius 3 is 2.40 bits per heavy atom. The molecule has 15 heavy (non-hydrogen) atoms. The highest BCUT2D eigenvalue weighted by atomic mass is 32.2. The largest absolute Gasteiger partial charge is 0.346 e. The molecule has 86 valence electrons. The number of hydrogen-bond donors (Lipinski definition) is 3. The first kappa shape index (κ1) is 12.3. The summed E-state index contributed by atoms with van der Waals surface area (Å²) in [5.74, 6) is 3.41. The van der Waals surface area contributed by atoms with Crippen molar-refractivity contribution in [1.29, 1.82) is 0 Å². The number of amides is 2. The Labute approximate surface area is 93.5 Å². The monoisotopic (exact) mass is 231 g/mol. The number of carbonyl (C=O) groups excluding carboxylic acids is 2. The average Bonchev–Trinajstić information content (AvgIpc) is 2.74. The van der Waals surface area contributed by atoms with Gasteiger partial charge < -0.3 is 5.32 Å². The number of carbonyl (C=O) groups is 2. The van der Waals surface area contributed by atoms with Crippen LogP contribution in [-0.4, -0.2) is 29.4 Å². The van der Waals surface area contributed by atoms with E-state index in [4.69, 9.17) is 5.84 Å². The van der Waals surface area contributed by atoms with Gasteiger partial charge in [0.05, 0.1) is 0 Å². The second kappa shape index (κ2) is 5.37. The normalized spacial score (nSPS) is 18.5. The number of nitrogens with one attached hydrogen (secondary N) is 2. The van der Waals surface area contributed by atoms with Crippen molar-refractivity contribution in [2.75, 3.05) is 12.8 Å². The van der Waals surface area contributed by atoms with Crippen LogP contribution in [0.15, 0.2) is 0 Å². The second-order valence-corrected chi connectivity index (χ2v) is 5.02. The molecule has 0 atom stereocenters. The predicted molar refractivity (Wildman–Crippen MR) is 60.1 cm³/mol. The van der Waals surface area contributed by atoms with E-state index in [1.54, 1.807) is 11.8 Å². The zero-order chi connectivity index (χ0) is 11.3. The third kappa shape index (κ3) is 3.10. The highest BCUT2D eigenvalue weighted by Gasteiger charge is 2.33. The summed E-state index contributed by atoms with van der Waals surface area (Å²) in [5, 5.41) is 2.62. The van der Waals surface area contributed by atoms with Gasteiger partial charge in [-0.1, -0.05) is 12.8 Å². The summed E-state index contributed by atoms with van der Waals surface area (Å²) in [6.45, 7) is 0.542. The van der Waals surface area contributed by atoms with Crippen LogP contribution < -0.4 is 16.6 Å². The summed E-state index contributed by atoms with van der Waals surface area (Å²) in [6.07, 6.45) is 6.62. The summed E-state index contributed by atoms with van der Waals surface area (Å²) < 4.78 is 0.116. The number of nitrogens with two attached hydrogens (primary N) is 1. The van der Waals surface area contributed by atoms with Gasteiger partial charge in [-0.25, -0.2) is 5.84 Å². The molecule has 1 rings (SSSR count). The molecule has 0 saturated heterocycles. The fourth-order valence-electron chi connectivity index (χ4n) is 1.86. The highest BCUT2D eigenvalue weighted by molar-refractivity contribution is 8.00. The van der Waals surface area contributed by atoms with Crippen molar-refractivity contribution in [2.24, 2.45) is 5.84 Å². The van der Waals surface area contributed by atoms with Crippen molar-refractivity contribution in [1.82, 2.24) is 10.7 Å². The van der Waals surface area contributed by atoms with Gasteiger partial charge in [0.25, 0.3) is 0 Å². The predicted octanol–water partition coefficient (Wildman–Crippen LogP) is -0.232. The molecule has 0 aliphatic heterocycles. The van der Waals surface area contributed by atoms with Crippen molar-refractivity contribution in [2.45, 2.75) is 30.4 Å². The zero-order valence-corrected chi connectivity index (χ0v) is 9.65. The first-order valence-corrected chi connectivity index (χ1v) is 6.20. The van der Waals surface area contributed by atoms with Gasteiger partial charge >= 0.3 is 11.8 Å². The first-order chi connectivity index (χ1) is 7.13. The van der Waals surface area contributed by atoms with Crippen molar-refractivity contribution in [3.05, 3.63) is 0 Å². The molecule has 0 bridgehead atoms. The van der Waals surface area contributed by atoms with Crippen LogP contribution in [0.4, 0.5) is 0 Å². The molecule has 0 heterocycles. The van der Waals surface area contributed by atoms with Crippen LogP contribution >= 0.6 is 11.8 Å². The lowest BCUT2D eigenvalue weighted by atomic mass is 10.1. The van der Waals surface area contributed by atoms with Gasteiger partial charge in [0, 0.05) is 11.3 Å². The van der Waals surface area contributed by atoms with Crippen LogP contribution in [0.3, 0.4) is 0 Å². The van der Waals surface area contributed by atoms with Crippen LogP contribution in [-0.2, 0) is 9.59 Å². The minimum absolute atomic E-state index is 0.116. The lowest BCUT2D eigenvalue weighted by Crippen LogP contribution is -2.47. The smallest absolute Gasteiger partial charge is 0.323 e. The molecule has 0 aromatic carbocycles. The van der Waals surface area contributed by atoms with E-state index in [9.17, 15) is 9.59 Å². The topological polar surface area (TPSA) is 84.2 Å². The van der Waals surface area contributed by atoms with Crippen LogP contribution in [0, 0.1) is 0 Å². The van der Waals surface area contributed by atoms with E-state index in [0.717, 1.165) is 12.8 Å². The Morgan fingerprint density at radius 1 is 1.33 bits per heavy atom. The standard InChI is InChI=1S/C9H17N3O2S/c1-15-9(4-2-3-5-9)6-11-7(13)8(14)12-10/h2-6,10H2,1H3,(H,11,13)(H,12,14). The molecule has 1 aliphatic carbocycles. The fourth-order valence-corrected chi connectivity index (χ4v) is 2.77. The van der Waals surface area contributed by atoms with E-state index in [1.165, 1.54) is 12.8 Å². The van der Waals surface area contributed by atoms with E-state index >= 15 is 0 Å². The lowest BCUT2D eigenvalue weighted by Gasteiger charge is -2.26. The van der Waals surface area contributed by atoms with E-state index in [2.05, 4.69) is 5.32 Å². The quantitative estimate of drug-likeness (QED) is 0.271. The lowest BCUT2D eigenvalue weighted by molar-refractivity contribution is -0.139. The Balaban J connectivity index is 2.41. The Bertz CT molecular complexity index is 252. The summed E-state index contributed by atoms with van der Waals surface area (Å²) in [7, 11) is 0.